The first-order valence-electron chi connectivity index (χ1n) is 12.0. The standard InChI is InChI=1S/C26H34N2O9S/c1-17-7-11-21(12-8-17)38(34,35)36-13-5-6-18-9-10-20(27-16-18)14-19(23(29)30)15-22(24(31)32)28-25(33)37-26(2,3)4/h7-12,16,19,22H,5-6,13-15H2,1-4H3,(H,28,33)(H,29,30)(H,31,32)/t19-,22-/m0/s1. The van der Waals surface area contributed by atoms with Gasteiger partial charge in [0.2, 0.25) is 0 Å². The Morgan fingerprint density at radius 1 is 1.03 bits per heavy atom. The number of rotatable bonds is 13. The van der Waals surface area contributed by atoms with Gasteiger partial charge in [0.15, 0.2) is 0 Å². The molecule has 208 valence electrons. The highest BCUT2D eigenvalue weighted by Gasteiger charge is 2.30. The Morgan fingerprint density at radius 2 is 1.68 bits per heavy atom. The number of amides is 1. The molecule has 0 aliphatic heterocycles. The van der Waals surface area contributed by atoms with Crippen molar-refractivity contribution in [2.24, 2.45) is 5.92 Å². The van der Waals surface area contributed by atoms with Crippen molar-refractivity contribution >= 4 is 28.1 Å². The van der Waals surface area contributed by atoms with Crippen molar-refractivity contribution in [3.8, 4) is 0 Å². The Labute approximate surface area is 222 Å². The first-order valence-corrected chi connectivity index (χ1v) is 13.4. The van der Waals surface area contributed by atoms with E-state index in [1.165, 1.54) is 12.1 Å². The third-order valence-corrected chi connectivity index (χ3v) is 6.68. The van der Waals surface area contributed by atoms with Crippen LogP contribution in [0.1, 0.15) is 50.4 Å². The van der Waals surface area contributed by atoms with Crippen LogP contribution in [0.4, 0.5) is 4.79 Å². The molecule has 2 aromatic rings. The van der Waals surface area contributed by atoms with Gasteiger partial charge in [-0.3, -0.25) is 14.0 Å². The van der Waals surface area contributed by atoms with Crippen LogP contribution < -0.4 is 5.32 Å². The Morgan fingerprint density at radius 3 is 2.21 bits per heavy atom. The smallest absolute Gasteiger partial charge is 0.408 e. The molecule has 1 heterocycles. The average molecular weight is 551 g/mol. The molecular weight excluding hydrogens is 516 g/mol. The molecular formula is C26H34N2O9S. The zero-order valence-electron chi connectivity index (χ0n) is 21.8. The molecule has 0 saturated heterocycles. The molecule has 0 saturated carbocycles. The largest absolute Gasteiger partial charge is 0.481 e. The summed E-state index contributed by atoms with van der Waals surface area (Å²) in [5.74, 6) is -3.72. The predicted molar refractivity (Wildman–Crippen MR) is 137 cm³/mol. The van der Waals surface area contributed by atoms with Gasteiger partial charge in [-0.25, -0.2) is 9.59 Å². The normalized spacial score (nSPS) is 13.4. The van der Waals surface area contributed by atoms with Gasteiger partial charge in [0.05, 0.1) is 17.4 Å². The van der Waals surface area contributed by atoms with Gasteiger partial charge >= 0.3 is 18.0 Å². The maximum atomic E-state index is 12.2. The number of aliphatic carboxylic acids is 2. The van der Waals surface area contributed by atoms with E-state index in [-0.39, 0.29) is 24.3 Å². The zero-order chi connectivity index (χ0) is 28.5. The minimum absolute atomic E-state index is 0.0136. The zero-order valence-corrected chi connectivity index (χ0v) is 22.7. The van der Waals surface area contributed by atoms with E-state index >= 15 is 0 Å². The average Bonchev–Trinajstić information content (AvgIpc) is 2.80. The Hall–Kier alpha value is -3.51. The van der Waals surface area contributed by atoms with Gasteiger partial charge in [-0.05, 0) is 70.7 Å². The summed E-state index contributed by atoms with van der Waals surface area (Å²) in [7, 11) is -3.84. The highest BCUT2D eigenvalue weighted by molar-refractivity contribution is 7.86. The molecule has 12 heteroatoms. The lowest BCUT2D eigenvalue weighted by atomic mass is 9.94. The van der Waals surface area contributed by atoms with E-state index in [4.69, 9.17) is 8.92 Å². The highest BCUT2D eigenvalue weighted by Crippen LogP contribution is 2.17. The summed E-state index contributed by atoms with van der Waals surface area (Å²) < 4.78 is 34.6. The topological polar surface area (TPSA) is 169 Å². The first kappa shape index (κ1) is 30.7. The van der Waals surface area contributed by atoms with Crippen molar-refractivity contribution in [2.45, 2.75) is 69.9 Å². The van der Waals surface area contributed by atoms with E-state index in [1.54, 1.807) is 51.2 Å². The van der Waals surface area contributed by atoms with Crippen LogP contribution in [-0.2, 0) is 41.5 Å². The van der Waals surface area contributed by atoms with Gasteiger partial charge in [0, 0.05) is 18.3 Å². The number of nitrogens with zero attached hydrogens (tertiary/aromatic N) is 1. The van der Waals surface area contributed by atoms with E-state index in [1.807, 2.05) is 6.92 Å². The van der Waals surface area contributed by atoms with E-state index < -0.39 is 45.7 Å². The maximum Gasteiger partial charge on any atom is 0.408 e. The van der Waals surface area contributed by atoms with Crippen LogP contribution in [0.25, 0.3) is 0 Å². The van der Waals surface area contributed by atoms with Crippen LogP contribution in [0, 0.1) is 12.8 Å². The molecule has 1 aromatic heterocycles. The molecule has 0 aliphatic carbocycles. The number of ether oxygens (including phenoxy) is 1. The lowest BCUT2D eigenvalue weighted by Crippen LogP contribution is -2.45. The molecule has 0 fully saturated rings. The lowest BCUT2D eigenvalue weighted by molar-refractivity contribution is -0.144. The van der Waals surface area contributed by atoms with Crippen LogP contribution in [0.3, 0.4) is 0 Å². The van der Waals surface area contributed by atoms with Crippen LogP contribution in [0.2, 0.25) is 0 Å². The van der Waals surface area contributed by atoms with Crippen LogP contribution in [-0.4, -0.2) is 59.9 Å². The summed E-state index contributed by atoms with van der Waals surface area (Å²) in [6.07, 6.45) is 1.09. The molecule has 2 atom stereocenters. The van der Waals surface area contributed by atoms with Gasteiger partial charge in [-0.1, -0.05) is 23.8 Å². The third kappa shape index (κ3) is 10.5. The maximum absolute atomic E-state index is 12.2. The number of nitrogens with one attached hydrogen (secondary N) is 1. The van der Waals surface area contributed by atoms with Gasteiger partial charge in [-0.2, -0.15) is 8.42 Å². The molecule has 1 aromatic carbocycles. The minimum atomic E-state index is -3.84. The number of alkyl carbamates (subject to hydrolysis) is 1. The van der Waals surface area contributed by atoms with Gasteiger partial charge in [0.25, 0.3) is 10.1 Å². The van der Waals surface area contributed by atoms with Crippen molar-refractivity contribution < 1.29 is 41.9 Å². The SMILES string of the molecule is Cc1ccc(S(=O)(=O)OCCCc2ccc(C[C@@H](C[C@H](NC(=O)OC(C)(C)C)C(=O)O)C(=O)O)nc2)cc1. The fourth-order valence-electron chi connectivity index (χ4n) is 3.42. The highest BCUT2D eigenvalue weighted by atomic mass is 32.2. The summed E-state index contributed by atoms with van der Waals surface area (Å²) in [4.78, 5) is 39.7. The van der Waals surface area contributed by atoms with Crippen LogP contribution in [0.5, 0.6) is 0 Å². The Kier molecular flexibility index (Phi) is 10.8. The number of carboxylic acids is 2. The van der Waals surface area contributed by atoms with E-state index in [2.05, 4.69) is 10.3 Å². The second-order valence-electron chi connectivity index (χ2n) is 9.86. The molecule has 2 rings (SSSR count). The number of aromatic nitrogens is 1. The van der Waals surface area contributed by atoms with E-state index in [0.717, 1.165) is 11.1 Å². The molecule has 0 unspecified atom stereocenters. The fraction of sp³-hybridized carbons (Fsp3) is 0.462. The summed E-state index contributed by atoms with van der Waals surface area (Å²) >= 11 is 0. The molecule has 3 N–H and O–H groups in total. The Balaban J connectivity index is 1.90. The summed E-state index contributed by atoms with van der Waals surface area (Å²) in [5, 5.41) is 21.3. The number of hydrogen-bond donors (Lipinski definition) is 3. The van der Waals surface area contributed by atoms with Crippen molar-refractivity contribution in [3.05, 3.63) is 59.4 Å². The monoisotopic (exact) mass is 550 g/mol. The number of carbonyl (C=O) groups excluding carboxylic acids is 1. The van der Waals surface area contributed by atoms with E-state index in [9.17, 15) is 33.0 Å². The van der Waals surface area contributed by atoms with Crippen molar-refractivity contribution in [3.63, 3.8) is 0 Å². The van der Waals surface area contributed by atoms with E-state index in [0.29, 0.717) is 18.5 Å². The number of pyridine rings is 1. The molecule has 0 spiro atoms. The molecule has 11 nitrogen and oxygen atoms in total. The second kappa shape index (κ2) is 13.3. The van der Waals surface area contributed by atoms with Gasteiger partial charge in [0.1, 0.15) is 11.6 Å². The number of aryl methyl sites for hydroxylation is 2. The molecule has 0 radical (unpaired) electrons. The molecule has 0 bridgehead atoms. The first-order chi connectivity index (χ1) is 17.7. The molecule has 38 heavy (non-hydrogen) atoms. The number of benzene rings is 1. The van der Waals surface area contributed by atoms with Gasteiger partial charge in [-0.15, -0.1) is 0 Å². The number of carbonyl (C=O) groups is 3. The molecule has 0 aliphatic rings. The number of hydrogen-bond acceptors (Lipinski definition) is 8. The second-order valence-corrected chi connectivity index (χ2v) is 11.5. The Bertz CT molecular complexity index is 1200. The van der Waals surface area contributed by atoms with Crippen molar-refractivity contribution in [1.29, 1.82) is 0 Å². The van der Waals surface area contributed by atoms with Gasteiger partial charge < -0.3 is 20.3 Å². The quantitative estimate of drug-likeness (QED) is 0.248. The lowest BCUT2D eigenvalue weighted by Gasteiger charge is -2.23. The summed E-state index contributed by atoms with van der Waals surface area (Å²) in [5.41, 5.74) is 1.33. The van der Waals surface area contributed by atoms with Crippen LogP contribution >= 0.6 is 0 Å². The van der Waals surface area contributed by atoms with Crippen LogP contribution in [0.15, 0.2) is 47.5 Å². The predicted octanol–water partition coefficient (Wildman–Crippen LogP) is 3.34. The third-order valence-electron chi connectivity index (χ3n) is 5.36. The number of carboxylic acid groups (broad SMARTS) is 2. The minimum Gasteiger partial charge on any atom is -0.481 e. The molecule has 1 amide bonds. The fourth-order valence-corrected chi connectivity index (χ4v) is 4.36. The van der Waals surface area contributed by atoms with Crippen molar-refractivity contribution in [1.82, 2.24) is 10.3 Å². The summed E-state index contributed by atoms with van der Waals surface area (Å²) in [6.45, 7) is 6.71. The van der Waals surface area contributed by atoms with Crippen molar-refractivity contribution in [2.75, 3.05) is 6.61 Å². The summed E-state index contributed by atoms with van der Waals surface area (Å²) in [6, 6.07) is 8.28.